The fourth-order valence-electron chi connectivity index (χ4n) is 3.43. The molecule has 0 spiro atoms. The first kappa shape index (κ1) is 19.5. The van der Waals surface area contributed by atoms with E-state index in [1.807, 2.05) is 6.92 Å². The first-order valence-corrected chi connectivity index (χ1v) is 10.2. The quantitative estimate of drug-likeness (QED) is 0.732. The topological polar surface area (TPSA) is 63.7 Å². The summed E-state index contributed by atoms with van der Waals surface area (Å²) in [5, 5.41) is 0. The Hall–Kier alpha value is -2.25. The number of halogens is 1. The van der Waals surface area contributed by atoms with E-state index in [0.29, 0.717) is 24.2 Å². The fourth-order valence-corrected chi connectivity index (χ4v) is 5.17. The first-order valence-electron chi connectivity index (χ1n) is 8.72. The molecule has 0 radical (unpaired) electrons. The molecule has 144 valence electrons. The Bertz CT molecular complexity index is 987. The van der Waals surface area contributed by atoms with Gasteiger partial charge in [-0.05, 0) is 74.2 Å². The highest BCUT2D eigenvalue weighted by Gasteiger charge is 2.39. The van der Waals surface area contributed by atoms with Gasteiger partial charge in [-0.1, -0.05) is 0 Å². The lowest BCUT2D eigenvalue weighted by Crippen LogP contribution is -2.40. The summed E-state index contributed by atoms with van der Waals surface area (Å²) >= 11 is 0. The van der Waals surface area contributed by atoms with Crippen molar-refractivity contribution in [3.63, 3.8) is 0 Å². The van der Waals surface area contributed by atoms with Gasteiger partial charge in [0.25, 0.3) is 0 Å². The summed E-state index contributed by atoms with van der Waals surface area (Å²) in [6.07, 6.45) is 1.06. The minimum atomic E-state index is -3.88. The van der Waals surface area contributed by atoms with Crippen molar-refractivity contribution in [2.45, 2.75) is 37.6 Å². The highest BCUT2D eigenvalue weighted by Crippen LogP contribution is 2.30. The number of carbonyl (C=O) groups excluding carboxylic acids is 1. The maximum absolute atomic E-state index is 13.5. The van der Waals surface area contributed by atoms with E-state index in [-0.39, 0.29) is 22.8 Å². The predicted molar refractivity (Wildman–Crippen MR) is 100 cm³/mol. The van der Waals surface area contributed by atoms with Gasteiger partial charge in [-0.25, -0.2) is 12.8 Å². The number of nitrogens with zero attached hydrogens (tertiary/aromatic N) is 1. The van der Waals surface area contributed by atoms with E-state index >= 15 is 0 Å². The number of rotatable bonds is 5. The molecule has 0 aliphatic carbocycles. The van der Waals surface area contributed by atoms with E-state index in [2.05, 4.69) is 0 Å². The van der Waals surface area contributed by atoms with Crippen LogP contribution in [0.15, 0.2) is 41.3 Å². The van der Waals surface area contributed by atoms with Gasteiger partial charge in [0.15, 0.2) is 5.78 Å². The maximum Gasteiger partial charge on any atom is 0.243 e. The molecule has 5 nitrogen and oxygen atoms in total. The highest BCUT2D eigenvalue weighted by atomic mass is 32.2. The van der Waals surface area contributed by atoms with Gasteiger partial charge in [-0.15, -0.1) is 0 Å². The van der Waals surface area contributed by atoms with Crippen LogP contribution >= 0.6 is 0 Å². The zero-order valence-electron chi connectivity index (χ0n) is 15.5. The summed E-state index contributed by atoms with van der Waals surface area (Å²) in [6, 6.07) is 8.01. The Balaban J connectivity index is 1.93. The van der Waals surface area contributed by atoms with E-state index < -0.39 is 21.9 Å². The lowest BCUT2D eigenvalue weighted by atomic mass is 10.0. The Kier molecular flexibility index (Phi) is 5.35. The Morgan fingerprint density at radius 3 is 2.52 bits per heavy atom. The molecule has 0 saturated carbocycles. The molecule has 1 aliphatic heterocycles. The van der Waals surface area contributed by atoms with Crippen molar-refractivity contribution in [3.8, 4) is 5.75 Å². The van der Waals surface area contributed by atoms with E-state index in [1.165, 1.54) is 23.4 Å². The van der Waals surface area contributed by atoms with Gasteiger partial charge in [-0.2, -0.15) is 4.31 Å². The molecule has 2 aromatic rings. The number of sulfonamides is 1. The largest absolute Gasteiger partial charge is 0.496 e. The van der Waals surface area contributed by atoms with Crippen LogP contribution in [-0.2, 0) is 10.0 Å². The second-order valence-corrected chi connectivity index (χ2v) is 8.62. The summed E-state index contributed by atoms with van der Waals surface area (Å²) in [6.45, 7) is 3.62. The molecule has 1 aliphatic rings. The molecule has 1 fully saturated rings. The number of ether oxygens (including phenoxy) is 1. The molecule has 1 unspecified atom stereocenters. The van der Waals surface area contributed by atoms with Crippen LogP contribution in [0.4, 0.5) is 4.39 Å². The van der Waals surface area contributed by atoms with Crippen LogP contribution in [-0.4, -0.2) is 38.2 Å². The van der Waals surface area contributed by atoms with Crippen molar-refractivity contribution < 1.29 is 22.3 Å². The predicted octanol–water partition coefficient (Wildman–Crippen LogP) is 3.49. The highest BCUT2D eigenvalue weighted by molar-refractivity contribution is 7.89. The first-order chi connectivity index (χ1) is 12.8. The Morgan fingerprint density at radius 1 is 1.15 bits per heavy atom. The summed E-state index contributed by atoms with van der Waals surface area (Å²) in [7, 11) is -2.33. The van der Waals surface area contributed by atoms with Crippen molar-refractivity contribution in [2.75, 3.05) is 13.7 Å². The number of hydrogen-bond donors (Lipinski definition) is 0. The minimum Gasteiger partial charge on any atom is -0.496 e. The molecular weight excluding hydrogens is 369 g/mol. The van der Waals surface area contributed by atoms with Crippen molar-refractivity contribution in [2.24, 2.45) is 0 Å². The second-order valence-electron chi connectivity index (χ2n) is 6.73. The minimum absolute atomic E-state index is 0.00649. The lowest BCUT2D eigenvalue weighted by Gasteiger charge is -2.23. The number of methoxy groups -OCH3 is 1. The normalized spacial score (nSPS) is 17.9. The third kappa shape index (κ3) is 3.61. The summed E-state index contributed by atoms with van der Waals surface area (Å²) in [4.78, 5) is 13.0. The van der Waals surface area contributed by atoms with E-state index in [4.69, 9.17) is 4.74 Å². The van der Waals surface area contributed by atoms with Crippen LogP contribution in [0.5, 0.6) is 5.75 Å². The summed E-state index contributed by atoms with van der Waals surface area (Å²) in [5.41, 5.74) is 1.52. The molecule has 2 aromatic carbocycles. The van der Waals surface area contributed by atoms with Gasteiger partial charge in [0.1, 0.15) is 11.6 Å². The molecule has 0 amide bonds. The van der Waals surface area contributed by atoms with Gasteiger partial charge in [0.05, 0.1) is 18.0 Å². The number of carbonyl (C=O) groups is 1. The number of ketones is 1. The average molecular weight is 391 g/mol. The molecule has 7 heteroatoms. The van der Waals surface area contributed by atoms with E-state index in [9.17, 15) is 17.6 Å². The molecule has 1 heterocycles. The molecule has 0 aromatic heterocycles. The Labute approximate surface area is 158 Å². The SMILES string of the molecule is COc1ccc(C(=O)C2CCCN2S(=O)(=O)c2ccc(F)c(C)c2)cc1C. The van der Waals surface area contributed by atoms with Gasteiger partial charge in [-0.3, -0.25) is 4.79 Å². The standard InChI is InChI=1S/C20H22FNO4S/c1-13-12-16(7-8-17(13)21)27(24,25)22-10-4-5-18(22)20(23)15-6-9-19(26-3)14(2)11-15/h6-9,11-12,18H,4-5,10H2,1-3H3. The van der Waals surface area contributed by atoms with Crippen molar-refractivity contribution in [1.82, 2.24) is 4.31 Å². The summed E-state index contributed by atoms with van der Waals surface area (Å²) in [5.74, 6) is -0.0263. The number of hydrogen-bond acceptors (Lipinski definition) is 4. The molecule has 1 saturated heterocycles. The molecule has 1 atom stereocenters. The van der Waals surface area contributed by atoms with Crippen LogP contribution in [0.2, 0.25) is 0 Å². The van der Waals surface area contributed by atoms with Crippen LogP contribution < -0.4 is 4.74 Å². The smallest absolute Gasteiger partial charge is 0.243 e. The second kappa shape index (κ2) is 7.40. The zero-order chi connectivity index (χ0) is 19.8. The van der Waals surface area contributed by atoms with Crippen LogP contribution in [0, 0.1) is 19.7 Å². The number of Topliss-reactive ketones (excluding diaryl/α,β-unsaturated/α-hetero) is 1. The van der Waals surface area contributed by atoms with E-state index in [1.54, 1.807) is 25.3 Å². The number of benzene rings is 2. The summed E-state index contributed by atoms with van der Waals surface area (Å²) < 4.78 is 46.1. The van der Waals surface area contributed by atoms with Gasteiger partial charge in [0, 0.05) is 12.1 Å². The monoisotopic (exact) mass is 391 g/mol. The fraction of sp³-hybridized carbons (Fsp3) is 0.350. The third-order valence-electron chi connectivity index (χ3n) is 4.92. The van der Waals surface area contributed by atoms with Gasteiger partial charge < -0.3 is 4.74 Å². The van der Waals surface area contributed by atoms with Gasteiger partial charge in [0.2, 0.25) is 10.0 Å². The number of aryl methyl sites for hydroxylation is 2. The molecule has 27 heavy (non-hydrogen) atoms. The van der Waals surface area contributed by atoms with Gasteiger partial charge >= 0.3 is 0 Å². The molecule has 0 bridgehead atoms. The van der Waals surface area contributed by atoms with Crippen molar-refractivity contribution in [3.05, 3.63) is 58.9 Å². The van der Waals surface area contributed by atoms with Crippen molar-refractivity contribution >= 4 is 15.8 Å². The Morgan fingerprint density at radius 2 is 1.89 bits per heavy atom. The van der Waals surface area contributed by atoms with E-state index in [0.717, 1.165) is 11.6 Å². The lowest BCUT2D eigenvalue weighted by molar-refractivity contribution is 0.0918. The molecule has 0 N–H and O–H groups in total. The zero-order valence-corrected chi connectivity index (χ0v) is 16.3. The molecular formula is C20H22FNO4S. The average Bonchev–Trinajstić information content (AvgIpc) is 3.13. The van der Waals surface area contributed by atoms with Crippen LogP contribution in [0.1, 0.15) is 34.3 Å². The van der Waals surface area contributed by atoms with Crippen LogP contribution in [0.3, 0.4) is 0 Å². The van der Waals surface area contributed by atoms with Crippen LogP contribution in [0.25, 0.3) is 0 Å². The third-order valence-corrected chi connectivity index (χ3v) is 6.83. The molecule has 3 rings (SSSR count). The van der Waals surface area contributed by atoms with Crippen molar-refractivity contribution in [1.29, 1.82) is 0 Å². The maximum atomic E-state index is 13.5.